The highest BCUT2D eigenvalue weighted by molar-refractivity contribution is 4.84. The Morgan fingerprint density at radius 2 is 1.77 bits per heavy atom. The summed E-state index contributed by atoms with van der Waals surface area (Å²) in [7, 11) is 3.71. The molecule has 1 N–H and O–H groups in total. The molecule has 0 radical (unpaired) electrons. The summed E-state index contributed by atoms with van der Waals surface area (Å²) in [4.78, 5) is 2.23. The zero-order valence-corrected chi connectivity index (χ0v) is 9.34. The quantitative estimate of drug-likeness (QED) is 0.706. The molecule has 1 rings (SSSR count). The molecule has 1 aliphatic rings. The van der Waals surface area contributed by atoms with Gasteiger partial charge in [-0.2, -0.15) is 0 Å². The maximum Gasteiger partial charge on any atom is 0.0904 e. The normalized spacial score (nSPS) is 21.9. The van der Waals surface area contributed by atoms with E-state index in [0.29, 0.717) is 6.61 Å². The molecule has 1 saturated heterocycles. The van der Waals surface area contributed by atoms with Gasteiger partial charge in [0, 0.05) is 20.2 Å². The van der Waals surface area contributed by atoms with Gasteiger partial charge in [0.2, 0.25) is 0 Å². The number of ether oxygens (including phenoxy) is 1. The first-order valence-corrected chi connectivity index (χ1v) is 5.06. The van der Waals surface area contributed by atoms with Gasteiger partial charge in [0.1, 0.15) is 0 Å². The van der Waals surface area contributed by atoms with Gasteiger partial charge in [-0.15, -0.1) is 0 Å². The monoisotopic (exact) mass is 189 g/mol. The molecule has 0 atom stereocenters. The molecule has 0 aromatic heterocycles. The van der Waals surface area contributed by atoms with Crippen LogP contribution in [0.5, 0.6) is 0 Å². The summed E-state index contributed by atoms with van der Waals surface area (Å²) >= 11 is 0. The fourth-order valence-corrected chi connectivity index (χ4v) is 1.45. The summed E-state index contributed by atoms with van der Waals surface area (Å²) in [5.74, 6) is 0. The van der Waals surface area contributed by atoms with Crippen LogP contribution in [0.1, 0.15) is 26.7 Å². The lowest BCUT2D eigenvalue weighted by molar-refractivity contribution is -0.0674. The van der Waals surface area contributed by atoms with E-state index in [1.807, 2.05) is 13.8 Å². The third-order valence-corrected chi connectivity index (χ3v) is 2.33. The molecule has 1 heterocycles. The van der Waals surface area contributed by atoms with E-state index in [0.717, 1.165) is 25.9 Å². The molecule has 0 unspecified atom stereocenters. The zero-order valence-electron chi connectivity index (χ0n) is 9.34. The van der Waals surface area contributed by atoms with Crippen molar-refractivity contribution < 1.29 is 9.84 Å². The fourth-order valence-electron chi connectivity index (χ4n) is 1.45. The maximum atomic E-state index is 9.84. The largest absolute Gasteiger partial charge is 0.387 e. The van der Waals surface area contributed by atoms with Gasteiger partial charge in [0.05, 0.1) is 12.2 Å². The van der Waals surface area contributed by atoms with Crippen LogP contribution in [0, 0.1) is 0 Å². The van der Waals surface area contributed by atoms with Crippen LogP contribution in [-0.4, -0.2) is 49.5 Å². The van der Waals surface area contributed by atoms with Crippen LogP contribution in [0.25, 0.3) is 0 Å². The average molecular weight is 189 g/mol. The molecule has 0 saturated carbocycles. The van der Waals surface area contributed by atoms with Gasteiger partial charge in [-0.1, -0.05) is 13.8 Å². The van der Waals surface area contributed by atoms with Crippen LogP contribution < -0.4 is 0 Å². The number of aliphatic hydroxyl groups is 1. The Morgan fingerprint density at radius 3 is 2.15 bits per heavy atom. The fraction of sp³-hybridized carbons (Fsp3) is 1.00. The Labute approximate surface area is 81.7 Å². The standard InChI is InChI=1S/C8H17NO2.C2H6/c1-9-5-3-8(10,4-6-9)7-11-2;1-2/h10H,3-7H2,1-2H3;1-2H3. The van der Waals surface area contributed by atoms with Crippen molar-refractivity contribution in [1.82, 2.24) is 4.90 Å². The van der Waals surface area contributed by atoms with Crippen LogP contribution in [0.15, 0.2) is 0 Å². The van der Waals surface area contributed by atoms with Gasteiger partial charge in [-0.3, -0.25) is 0 Å². The van der Waals surface area contributed by atoms with Crippen molar-refractivity contribution in [3.8, 4) is 0 Å². The van der Waals surface area contributed by atoms with E-state index in [1.54, 1.807) is 7.11 Å². The molecule has 0 aromatic rings. The summed E-state index contributed by atoms with van der Waals surface area (Å²) in [6.07, 6.45) is 1.66. The predicted molar refractivity (Wildman–Crippen MR) is 54.9 cm³/mol. The summed E-state index contributed by atoms with van der Waals surface area (Å²) in [6.45, 7) is 6.42. The second-order valence-corrected chi connectivity index (χ2v) is 3.46. The molecular weight excluding hydrogens is 166 g/mol. The Bertz CT molecular complexity index is 120. The van der Waals surface area contributed by atoms with Crippen molar-refractivity contribution in [2.45, 2.75) is 32.3 Å². The van der Waals surface area contributed by atoms with Crippen molar-refractivity contribution in [3.63, 3.8) is 0 Å². The zero-order chi connectivity index (χ0) is 10.3. The Balaban J connectivity index is 0.000000671. The van der Waals surface area contributed by atoms with Crippen LogP contribution in [-0.2, 0) is 4.74 Å². The first-order chi connectivity index (χ1) is 6.16. The summed E-state index contributed by atoms with van der Waals surface area (Å²) in [5, 5.41) is 9.84. The Morgan fingerprint density at radius 1 is 1.31 bits per heavy atom. The number of likely N-dealkylation sites (tertiary alicyclic amines) is 1. The van der Waals surface area contributed by atoms with Crippen molar-refractivity contribution >= 4 is 0 Å². The number of methoxy groups -OCH3 is 1. The minimum absolute atomic E-state index is 0.473. The topological polar surface area (TPSA) is 32.7 Å². The highest BCUT2D eigenvalue weighted by Gasteiger charge is 2.30. The molecule has 3 heteroatoms. The molecule has 3 nitrogen and oxygen atoms in total. The molecule has 0 aromatic carbocycles. The smallest absolute Gasteiger partial charge is 0.0904 e. The van der Waals surface area contributed by atoms with E-state index in [1.165, 1.54) is 0 Å². The molecule has 0 spiro atoms. The second kappa shape index (κ2) is 6.35. The van der Waals surface area contributed by atoms with E-state index in [9.17, 15) is 5.11 Å². The molecule has 1 aliphatic heterocycles. The number of hydrogen-bond donors (Lipinski definition) is 1. The molecule has 0 bridgehead atoms. The number of rotatable bonds is 2. The average Bonchev–Trinajstić information content (AvgIpc) is 2.15. The van der Waals surface area contributed by atoms with Crippen molar-refractivity contribution in [1.29, 1.82) is 0 Å². The SMILES string of the molecule is CC.COCC1(O)CCN(C)CC1. The number of piperidine rings is 1. The van der Waals surface area contributed by atoms with Gasteiger partial charge in [-0.25, -0.2) is 0 Å². The van der Waals surface area contributed by atoms with Gasteiger partial charge in [-0.05, 0) is 19.9 Å². The number of hydrogen-bond acceptors (Lipinski definition) is 3. The van der Waals surface area contributed by atoms with Crippen molar-refractivity contribution in [2.75, 3.05) is 33.9 Å². The molecule has 0 aliphatic carbocycles. The lowest BCUT2D eigenvalue weighted by atomic mass is 9.93. The van der Waals surface area contributed by atoms with Crippen LogP contribution >= 0.6 is 0 Å². The van der Waals surface area contributed by atoms with Gasteiger partial charge >= 0.3 is 0 Å². The van der Waals surface area contributed by atoms with E-state index in [4.69, 9.17) is 4.74 Å². The minimum Gasteiger partial charge on any atom is -0.387 e. The van der Waals surface area contributed by atoms with E-state index >= 15 is 0 Å². The molecule has 80 valence electrons. The summed E-state index contributed by atoms with van der Waals surface area (Å²) in [6, 6.07) is 0. The molecule has 1 fully saturated rings. The third-order valence-electron chi connectivity index (χ3n) is 2.33. The van der Waals surface area contributed by atoms with E-state index < -0.39 is 5.60 Å². The molecule has 13 heavy (non-hydrogen) atoms. The maximum absolute atomic E-state index is 9.84. The second-order valence-electron chi connectivity index (χ2n) is 3.46. The van der Waals surface area contributed by atoms with Crippen molar-refractivity contribution in [2.24, 2.45) is 0 Å². The van der Waals surface area contributed by atoms with Crippen LogP contribution in [0.2, 0.25) is 0 Å². The highest BCUT2D eigenvalue weighted by Crippen LogP contribution is 2.20. The van der Waals surface area contributed by atoms with Crippen LogP contribution in [0.3, 0.4) is 0 Å². The van der Waals surface area contributed by atoms with E-state index in [2.05, 4.69) is 11.9 Å². The summed E-state index contributed by atoms with van der Waals surface area (Å²) < 4.78 is 4.95. The first-order valence-electron chi connectivity index (χ1n) is 5.06. The Hall–Kier alpha value is -0.120. The van der Waals surface area contributed by atoms with Gasteiger partial charge in [0.15, 0.2) is 0 Å². The van der Waals surface area contributed by atoms with Crippen molar-refractivity contribution in [3.05, 3.63) is 0 Å². The predicted octanol–water partition coefficient (Wildman–Crippen LogP) is 1.12. The minimum atomic E-state index is -0.554. The van der Waals surface area contributed by atoms with Gasteiger partial charge < -0.3 is 14.7 Å². The molecule has 0 amide bonds. The lowest BCUT2D eigenvalue weighted by Gasteiger charge is -2.35. The van der Waals surface area contributed by atoms with E-state index in [-0.39, 0.29) is 0 Å². The van der Waals surface area contributed by atoms with Gasteiger partial charge in [0.25, 0.3) is 0 Å². The van der Waals surface area contributed by atoms with Crippen LogP contribution in [0.4, 0.5) is 0 Å². The summed E-state index contributed by atoms with van der Waals surface area (Å²) in [5.41, 5.74) is -0.554. The first kappa shape index (κ1) is 12.9. The third kappa shape index (κ3) is 4.60. The molecular formula is C10H23NO2. The highest BCUT2D eigenvalue weighted by atomic mass is 16.5. The Kier molecular flexibility index (Phi) is 6.29. The lowest BCUT2D eigenvalue weighted by Crippen LogP contribution is -2.45. The number of nitrogens with zero attached hydrogens (tertiary/aromatic N) is 1.